The molecule has 0 radical (unpaired) electrons. The molecule has 1 aromatic heterocycles. The summed E-state index contributed by atoms with van der Waals surface area (Å²) in [5, 5.41) is 12.9. The maximum atomic E-state index is 12.1. The summed E-state index contributed by atoms with van der Waals surface area (Å²) < 4.78 is 10.9. The second kappa shape index (κ2) is 10.8. The maximum Gasteiger partial charge on any atom is 0.273 e. The van der Waals surface area contributed by atoms with Crippen LogP contribution in [-0.4, -0.2) is 83.4 Å². The minimum Gasteiger partial charge on any atom is -0.447 e. The van der Waals surface area contributed by atoms with Crippen LogP contribution in [0.5, 0.6) is 0 Å². The average molecular weight is 383 g/mol. The summed E-state index contributed by atoms with van der Waals surface area (Å²) in [5.74, 6) is 0.366. The van der Waals surface area contributed by atoms with Gasteiger partial charge in [-0.25, -0.2) is 4.98 Å². The number of amides is 1. The molecule has 2 N–H and O–H groups in total. The molecule has 1 saturated heterocycles. The Labute approximate surface area is 161 Å². The van der Waals surface area contributed by atoms with Crippen molar-refractivity contribution in [3.8, 4) is 0 Å². The Morgan fingerprint density at radius 3 is 2.59 bits per heavy atom. The van der Waals surface area contributed by atoms with Crippen LogP contribution in [0.4, 0.5) is 0 Å². The van der Waals surface area contributed by atoms with Crippen LogP contribution in [0.25, 0.3) is 0 Å². The molecule has 0 spiro atoms. The van der Waals surface area contributed by atoms with Crippen LogP contribution in [0.1, 0.15) is 50.5 Å². The number of piperazine rings is 1. The van der Waals surface area contributed by atoms with E-state index in [-0.39, 0.29) is 18.1 Å². The van der Waals surface area contributed by atoms with Crippen molar-refractivity contribution < 1.29 is 19.1 Å². The topological polar surface area (TPSA) is 91.1 Å². The minimum absolute atomic E-state index is 0.118. The minimum atomic E-state index is -0.461. The second-order valence-electron chi connectivity index (χ2n) is 7.52. The maximum absolute atomic E-state index is 12.1. The predicted molar refractivity (Wildman–Crippen MR) is 103 cm³/mol. The largest absolute Gasteiger partial charge is 0.447 e. The SMILES string of the molecule is CC[C@@H](C)NC(=O)c1coc(CN2CCN(C[C@@H](O)COC(C)C)CC2)n1. The molecule has 8 heteroatoms. The number of aliphatic hydroxyl groups excluding tert-OH is 1. The molecule has 0 bridgehead atoms. The van der Waals surface area contributed by atoms with Gasteiger partial charge in [-0.05, 0) is 27.2 Å². The van der Waals surface area contributed by atoms with Gasteiger partial charge in [0.25, 0.3) is 5.91 Å². The number of oxazole rings is 1. The van der Waals surface area contributed by atoms with E-state index < -0.39 is 6.10 Å². The van der Waals surface area contributed by atoms with Crippen LogP contribution in [0.2, 0.25) is 0 Å². The zero-order chi connectivity index (χ0) is 19.8. The molecule has 154 valence electrons. The van der Waals surface area contributed by atoms with Gasteiger partial charge in [-0.3, -0.25) is 14.6 Å². The summed E-state index contributed by atoms with van der Waals surface area (Å²) in [6, 6.07) is 0.118. The first-order valence-corrected chi connectivity index (χ1v) is 9.87. The Bertz CT molecular complexity index is 570. The fraction of sp³-hybridized carbons (Fsp3) is 0.789. The lowest BCUT2D eigenvalue weighted by Gasteiger charge is -2.35. The third-order valence-electron chi connectivity index (χ3n) is 4.69. The Morgan fingerprint density at radius 2 is 1.96 bits per heavy atom. The van der Waals surface area contributed by atoms with Crippen molar-refractivity contribution in [3.63, 3.8) is 0 Å². The summed E-state index contributed by atoms with van der Waals surface area (Å²) >= 11 is 0. The first kappa shape index (κ1) is 21.8. The van der Waals surface area contributed by atoms with E-state index in [4.69, 9.17) is 9.15 Å². The highest BCUT2D eigenvalue weighted by atomic mass is 16.5. The van der Waals surface area contributed by atoms with E-state index in [1.807, 2.05) is 27.7 Å². The normalized spacial score (nSPS) is 18.6. The molecule has 0 aromatic carbocycles. The van der Waals surface area contributed by atoms with Crippen molar-refractivity contribution in [2.75, 3.05) is 39.3 Å². The van der Waals surface area contributed by atoms with Gasteiger partial charge in [-0.15, -0.1) is 0 Å². The van der Waals surface area contributed by atoms with Crippen LogP contribution < -0.4 is 5.32 Å². The van der Waals surface area contributed by atoms with Crippen molar-refractivity contribution >= 4 is 5.91 Å². The average Bonchev–Trinajstić information content (AvgIpc) is 3.10. The highest BCUT2D eigenvalue weighted by Gasteiger charge is 2.21. The molecule has 0 aliphatic carbocycles. The molecular formula is C19H34N4O4. The molecule has 1 fully saturated rings. The molecule has 1 aliphatic rings. The molecule has 0 unspecified atom stereocenters. The van der Waals surface area contributed by atoms with Gasteiger partial charge in [0.15, 0.2) is 5.69 Å². The lowest BCUT2D eigenvalue weighted by Crippen LogP contribution is -2.48. The molecule has 2 rings (SSSR count). The fourth-order valence-corrected chi connectivity index (χ4v) is 2.86. The molecule has 0 saturated carbocycles. The molecular weight excluding hydrogens is 348 g/mol. The lowest BCUT2D eigenvalue weighted by molar-refractivity contribution is -0.0151. The summed E-state index contributed by atoms with van der Waals surface area (Å²) in [6.07, 6.45) is 1.97. The van der Waals surface area contributed by atoms with Crippen LogP contribution >= 0.6 is 0 Å². The Kier molecular flexibility index (Phi) is 8.69. The van der Waals surface area contributed by atoms with Gasteiger partial charge in [0.05, 0.1) is 25.4 Å². The predicted octanol–water partition coefficient (Wildman–Crippen LogP) is 1.11. The van der Waals surface area contributed by atoms with Crippen molar-refractivity contribution in [1.29, 1.82) is 0 Å². The smallest absolute Gasteiger partial charge is 0.273 e. The van der Waals surface area contributed by atoms with E-state index in [0.717, 1.165) is 32.6 Å². The lowest BCUT2D eigenvalue weighted by atomic mass is 10.2. The molecule has 8 nitrogen and oxygen atoms in total. The number of hydrogen-bond acceptors (Lipinski definition) is 7. The highest BCUT2D eigenvalue weighted by Crippen LogP contribution is 2.10. The van der Waals surface area contributed by atoms with Gasteiger partial charge in [0.1, 0.15) is 6.26 Å². The van der Waals surface area contributed by atoms with E-state index in [9.17, 15) is 9.90 Å². The fourth-order valence-electron chi connectivity index (χ4n) is 2.86. The van der Waals surface area contributed by atoms with Crippen LogP contribution in [0, 0.1) is 0 Å². The van der Waals surface area contributed by atoms with Gasteiger partial charge >= 0.3 is 0 Å². The number of hydrogen-bond donors (Lipinski definition) is 2. The Balaban J connectivity index is 1.72. The number of carbonyl (C=O) groups excluding carboxylic acids is 1. The molecule has 1 aliphatic heterocycles. The van der Waals surface area contributed by atoms with E-state index in [1.165, 1.54) is 6.26 Å². The van der Waals surface area contributed by atoms with Crippen LogP contribution in [0.3, 0.4) is 0 Å². The van der Waals surface area contributed by atoms with Gasteiger partial charge in [0.2, 0.25) is 5.89 Å². The van der Waals surface area contributed by atoms with Gasteiger partial charge < -0.3 is 19.6 Å². The van der Waals surface area contributed by atoms with Crippen molar-refractivity contribution in [2.24, 2.45) is 0 Å². The Hall–Kier alpha value is -1.48. The molecule has 1 amide bonds. The number of aromatic nitrogens is 1. The molecule has 2 heterocycles. The zero-order valence-electron chi connectivity index (χ0n) is 17.0. The van der Waals surface area contributed by atoms with E-state index in [2.05, 4.69) is 20.1 Å². The third kappa shape index (κ3) is 7.57. The third-order valence-corrected chi connectivity index (χ3v) is 4.69. The second-order valence-corrected chi connectivity index (χ2v) is 7.52. The van der Waals surface area contributed by atoms with E-state index in [1.54, 1.807) is 0 Å². The van der Waals surface area contributed by atoms with Crippen LogP contribution in [-0.2, 0) is 11.3 Å². The molecule has 1 aromatic rings. The zero-order valence-corrected chi connectivity index (χ0v) is 17.0. The van der Waals surface area contributed by atoms with Gasteiger partial charge in [-0.2, -0.15) is 0 Å². The first-order chi connectivity index (χ1) is 12.9. The number of nitrogens with zero attached hydrogens (tertiary/aromatic N) is 3. The van der Waals surface area contributed by atoms with Gasteiger partial charge in [0, 0.05) is 38.8 Å². The van der Waals surface area contributed by atoms with Gasteiger partial charge in [-0.1, -0.05) is 6.92 Å². The van der Waals surface area contributed by atoms with Crippen molar-refractivity contribution in [3.05, 3.63) is 17.8 Å². The number of aliphatic hydroxyl groups is 1. The highest BCUT2D eigenvalue weighted by molar-refractivity contribution is 5.92. The number of ether oxygens (including phenoxy) is 1. The van der Waals surface area contributed by atoms with Crippen molar-refractivity contribution in [1.82, 2.24) is 20.1 Å². The summed E-state index contributed by atoms with van der Waals surface area (Å²) in [5.41, 5.74) is 0.331. The molecule has 27 heavy (non-hydrogen) atoms. The summed E-state index contributed by atoms with van der Waals surface area (Å²) in [4.78, 5) is 20.9. The van der Waals surface area contributed by atoms with Crippen molar-refractivity contribution in [2.45, 2.75) is 58.9 Å². The standard InChI is InChI=1S/C19H34N4O4/c1-5-15(4)20-19(25)17-13-27-18(21-17)11-23-8-6-22(7-9-23)10-16(24)12-26-14(2)3/h13-16,24H,5-12H2,1-4H3,(H,20,25)/t15-,16-/m1/s1. The van der Waals surface area contributed by atoms with E-state index >= 15 is 0 Å². The number of carbonyl (C=O) groups is 1. The number of β-amino-alcohol motifs (C(OH)–C–C–N with tert-alkyl or cyclic N) is 1. The number of rotatable bonds is 10. The number of nitrogens with one attached hydrogen (secondary N) is 1. The quantitative estimate of drug-likeness (QED) is 0.626. The van der Waals surface area contributed by atoms with Crippen LogP contribution in [0.15, 0.2) is 10.7 Å². The summed E-state index contributed by atoms with van der Waals surface area (Å²) in [6.45, 7) is 13.0. The monoisotopic (exact) mass is 382 g/mol. The Morgan fingerprint density at radius 1 is 1.30 bits per heavy atom. The molecule has 2 atom stereocenters. The van der Waals surface area contributed by atoms with E-state index in [0.29, 0.717) is 31.3 Å². The summed E-state index contributed by atoms with van der Waals surface area (Å²) in [7, 11) is 0. The first-order valence-electron chi connectivity index (χ1n) is 9.87.